The van der Waals surface area contributed by atoms with Crippen molar-refractivity contribution in [3.63, 3.8) is 0 Å². The van der Waals surface area contributed by atoms with Gasteiger partial charge in [-0.1, -0.05) is 12.1 Å². The summed E-state index contributed by atoms with van der Waals surface area (Å²) in [5, 5.41) is 2.53. The number of aryl methyl sites for hydroxylation is 2. The molecule has 0 aliphatic heterocycles. The molecule has 0 aliphatic carbocycles. The molecule has 0 saturated heterocycles. The number of anilines is 2. The molecule has 5 nitrogen and oxygen atoms in total. The smallest absolute Gasteiger partial charge is 0.245 e. The molecule has 1 amide bonds. The molecular weight excluding hydrogens is 369 g/mol. The van der Waals surface area contributed by atoms with Crippen LogP contribution in [0.1, 0.15) is 11.1 Å². The third-order valence-corrected chi connectivity index (χ3v) is 4.76. The minimum Gasteiger partial charge on any atom is -0.324 e. The predicted molar refractivity (Wildman–Crippen MR) is 93.1 cm³/mol. The summed E-state index contributed by atoms with van der Waals surface area (Å²) in [6.45, 7) is 2.77. The molecule has 1 N–H and O–H groups in total. The molecule has 0 heterocycles. The summed E-state index contributed by atoms with van der Waals surface area (Å²) >= 11 is 0. The van der Waals surface area contributed by atoms with E-state index in [1.165, 1.54) is 0 Å². The van der Waals surface area contributed by atoms with Gasteiger partial charge >= 0.3 is 0 Å². The van der Waals surface area contributed by atoms with Crippen LogP contribution in [0.2, 0.25) is 0 Å². The predicted octanol–water partition coefficient (Wildman–Crippen LogP) is 3.13. The molecule has 0 bridgehead atoms. The Morgan fingerprint density at radius 3 is 2.35 bits per heavy atom. The van der Waals surface area contributed by atoms with Crippen molar-refractivity contribution in [3.05, 3.63) is 58.9 Å². The first-order valence-electron chi connectivity index (χ1n) is 7.49. The highest BCUT2D eigenvalue weighted by atomic mass is 32.2. The lowest BCUT2D eigenvalue weighted by Gasteiger charge is -2.22. The van der Waals surface area contributed by atoms with E-state index in [9.17, 15) is 26.4 Å². The molecule has 0 radical (unpaired) electrons. The zero-order valence-electron chi connectivity index (χ0n) is 14.3. The van der Waals surface area contributed by atoms with Crippen molar-refractivity contribution < 1.29 is 26.4 Å². The second-order valence-corrected chi connectivity index (χ2v) is 7.74. The normalized spacial score (nSPS) is 11.3. The number of benzene rings is 2. The highest BCUT2D eigenvalue weighted by Crippen LogP contribution is 2.25. The minimum absolute atomic E-state index is 0.380. The molecule has 0 aromatic heterocycles. The van der Waals surface area contributed by atoms with Crippen molar-refractivity contribution in [1.82, 2.24) is 0 Å². The van der Waals surface area contributed by atoms with E-state index in [-0.39, 0.29) is 0 Å². The van der Waals surface area contributed by atoms with E-state index >= 15 is 0 Å². The van der Waals surface area contributed by atoms with Gasteiger partial charge < -0.3 is 5.32 Å². The number of rotatable bonds is 5. The maximum absolute atomic E-state index is 14.0. The van der Waals surface area contributed by atoms with Crippen molar-refractivity contribution in [1.29, 1.82) is 0 Å². The number of carbonyl (C=O) groups excluding carboxylic acids is 1. The van der Waals surface area contributed by atoms with Gasteiger partial charge in [-0.2, -0.15) is 0 Å². The van der Waals surface area contributed by atoms with E-state index in [2.05, 4.69) is 5.32 Å². The van der Waals surface area contributed by atoms with Crippen LogP contribution in [0.3, 0.4) is 0 Å². The Hall–Kier alpha value is -2.55. The Balaban J connectivity index is 2.34. The fourth-order valence-corrected chi connectivity index (χ4v) is 3.13. The summed E-state index contributed by atoms with van der Waals surface area (Å²) < 4.78 is 64.8. The topological polar surface area (TPSA) is 66.5 Å². The van der Waals surface area contributed by atoms with Gasteiger partial charge in [0.15, 0.2) is 17.5 Å². The van der Waals surface area contributed by atoms with Crippen molar-refractivity contribution in [2.45, 2.75) is 13.8 Å². The van der Waals surface area contributed by atoms with Crippen molar-refractivity contribution in [2.24, 2.45) is 0 Å². The zero-order valence-corrected chi connectivity index (χ0v) is 15.1. The molecule has 9 heteroatoms. The summed E-state index contributed by atoms with van der Waals surface area (Å²) in [6, 6.07) is 6.66. The maximum Gasteiger partial charge on any atom is 0.245 e. The summed E-state index contributed by atoms with van der Waals surface area (Å²) in [7, 11) is -4.13. The van der Waals surface area contributed by atoms with Crippen LogP contribution < -0.4 is 9.62 Å². The number of nitrogens with zero attached hydrogens (tertiary/aromatic N) is 1. The highest BCUT2D eigenvalue weighted by Gasteiger charge is 2.26. The fraction of sp³-hybridized carbons (Fsp3) is 0.235. The van der Waals surface area contributed by atoms with Gasteiger partial charge in [0.05, 0.1) is 11.9 Å². The Labute approximate surface area is 149 Å². The van der Waals surface area contributed by atoms with E-state index in [4.69, 9.17) is 0 Å². The summed E-state index contributed by atoms with van der Waals surface area (Å²) in [5.41, 5.74) is 1.34. The number of carbonyl (C=O) groups is 1. The Morgan fingerprint density at radius 1 is 1.08 bits per heavy atom. The molecule has 26 heavy (non-hydrogen) atoms. The molecule has 0 atom stereocenters. The summed E-state index contributed by atoms with van der Waals surface area (Å²) in [4.78, 5) is 12.3. The van der Waals surface area contributed by atoms with E-state index in [0.29, 0.717) is 16.1 Å². The lowest BCUT2D eigenvalue weighted by atomic mass is 10.1. The van der Waals surface area contributed by atoms with E-state index in [1.54, 1.807) is 19.1 Å². The molecule has 0 spiro atoms. The Morgan fingerprint density at radius 2 is 1.73 bits per heavy atom. The monoisotopic (exact) mass is 386 g/mol. The molecular formula is C17H17F3N2O3S. The molecule has 2 aromatic rings. The van der Waals surface area contributed by atoms with Gasteiger partial charge in [0.2, 0.25) is 15.9 Å². The lowest BCUT2D eigenvalue weighted by molar-refractivity contribution is -0.114. The molecule has 0 aliphatic rings. The Kier molecular flexibility index (Phi) is 5.60. The SMILES string of the molecule is Cc1ccc(C)c(NC(=O)CN(c2ccc(F)c(F)c2F)S(C)(=O)=O)c1. The van der Waals surface area contributed by atoms with Crippen LogP contribution in [-0.4, -0.2) is 27.1 Å². The third kappa shape index (κ3) is 4.34. The van der Waals surface area contributed by atoms with Gasteiger partial charge in [0.1, 0.15) is 6.54 Å². The second kappa shape index (κ2) is 7.36. The van der Waals surface area contributed by atoms with Crippen LogP contribution in [0.15, 0.2) is 30.3 Å². The van der Waals surface area contributed by atoms with Crippen LogP contribution in [0, 0.1) is 31.3 Å². The van der Waals surface area contributed by atoms with Gasteiger partial charge in [-0.3, -0.25) is 9.10 Å². The van der Waals surface area contributed by atoms with E-state index < -0.39 is 45.6 Å². The van der Waals surface area contributed by atoms with Gasteiger partial charge in [0.25, 0.3) is 0 Å². The van der Waals surface area contributed by atoms with Crippen LogP contribution in [-0.2, 0) is 14.8 Å². The first-order chi connectivity index (χ1) is 12.0. The number of amides is 1. The van der Waals surface area contributed by atoms with Crippen LogP contribution >= 0.6 is 0 Å². The number of hydrogen-bond donors (Lipinski definition) is 1. The number of halogens is 3. The summed E-state index contributed by atoms with van der Waals surface area (Å²) in [5.74, 6) is -5.71. The number of hydrogen-bond acceptors (Lipinski definition) is 3. The number of nitrogens with one attached hydrogen (secondary N) is 1. The largest absolute Gasteiger partial charge is 0.324 e. The fourth-order valence-electron chi connectivity index (χ4n) is 2.28. The van der Waals surface area contributed by atoms with Crippen LogP contribution in [0.25, 0.3) is 0 Å². The van der Waals surface area contributed by atoms with E-state index in [0.717, 1.165) is 23.4 Å². The molecule has 2 aromatic carbocycles. The first kappa shape index (κ1) is 19.8. The molecule has 140 valence electrons. The average molecular weight is 386 g/mol. The van der Waals surface area contributed by atoms with Crippen LogP contribution in [0.5, 0.6) is 0 Å². The summed E-state index contributed by atoms with van der Waals surface area (Å²) in [6.07, 6.45) is 0.735. The molecule has 0 fully saturated rings. The quantitative estimate of drug-likeness (QED) is 0.803. The first-order valence-corrected chi connectivity index (χ1v) is 9.34. The average Bonchev–Trinajstić information content (AvgIpc) is 2.54. The van der Waals surface area contributed by atoms with Gasteiger partial charge in [-0.05, 0) is 43.2 Å². The zero-order chi connectivity index (χ0) is 19.6. The van der Waals surface area contributed by atoms with Gasteiger partial charge in [-0.15, -0.1) is 0 Å². The van der Waals surface area contributed by atoms with E-state index in [1.807, 2.05) is 13.0 Å². The maximum atomic E-state index is 14.0. The third-order valence-electron chi connectivity index (χ3n) is 3.64. The van der Waals surface area contributed by atoms with Crippen LogP contribution in [0.4, 0.5) is 24.5 Å². The lowest BCUT2D eigenvalue weighted by Crippen LogP contribution is -2.38. The minimum atomic E-state index is -4.13. The molecule has 0 unspecified atom stereocenters. The Bertz CT molecular complexity index is 962. The van der Waals surface area contributed by atoms with Gasteiger partial charge in [-0.25, -0.2) is 21.6 Å². The van der Waals surface area contributed by atoms with Gasteiger partial charge in [0, 0.05) is 5.69 Å². The standard InChI is InChI=1S/C17H17F3N2O3S/c1-10-4-5-11(2)13(8-10)21-15(23)9-22(26(3,24)25)14-7-6-12(18)16(19)17(14)20/h4-8H,9H2,1-3H3,(H,21,23). The van der Waals surface area contributed by atoms with Crippen molar-refractivity contribution in [3.8, 4) is 0 Å². The van der Waals surface area contributed by atoms with Crippen molar-refractivity contribution in [2.75, 3.05) is 22.4 Å². The highest BCUT2D eigenvalue weighted by molar-refractivity contribution is 7.92. The molecule has 0 saturated carbocycles. The van der Waals surface area contributed by atoms with Crippen molar-refractivity contribution >= 4 is 27.3 Å². The second-order valence-electron chi connectivity index (χ2n) is 5.83. The molecule has 2 rings (SSSR count). The number of sulfonamides is 1.